The Kier molecular flexibility index (Phi) is 4.11. The molecule has 0 aliphatic heterocycles. The van der Waals surface area contributed by atoms with Gasteiger partial charge in [-0.25, -0.2) is 10.8 Å². The number of rotatable bonds is 3. The van der Waals surface area contributed by atoms with E-state index < -0.39 is 0 Å². The third-order valence-corrected chi connectivity index (χ3v) is 4.71. The van der Waals surface area contributed by atoms with E-state index in [1.165, 1.54) is 48.6 Å². The maximum atomic E-state index is 5.76. The molecule has 3 nitrogen and oxygen atoms in total. The quantitative estimate of drug-likeness (QED) is 0.634. The number of nitrogens with two attached hydrogens (primary N) is 1. The Morgan fingerprint density at radius 2 is 1.95 bits per heavy atom. The molecule has 3 rings (SSSR count). The minimum absolute atomic E-state index is 0.465. The van der Waals surface area contributed by atoms with Gasteiger partial charge in [0, 0.05) is 5.39 Å². The first-order chi connectivity index (χ1) is 10.2. The minimum Gasteiger partial charge on any atom is -0.308 e. The van der Waals surface area contributed by atoms with Crippen LogP contribution in [0.1, 0.15) is 68.9 Å². The van der Waals surface area contributed by atoms with Gasteiger partial charge in [-0.3, -0.25) is 0 Å². The maximum absolute atomic E-state index is 5.76. The normalized spacial score (nSPS) is 16.6. The summed E-state index contributed by atoms with van der Waals surface area (Å²) in [6.45, 7) is 4.42. The zero-order chi connectivity index (χ0) is 14.8. The summed E-state index contributed by atoms with van der Waals surface area (Å²) in [5, 5.41) is 1.24. The van der Waals surface area contributed by atoms with Gasteiger partial charge >= 0.3 is 0 Å². The van der Waals surface area contributed by atoms with Gasteiger partial charge in [-0.15, -0.1) is 0 Å². The molecule has 3 heteroatoms. The van der Waals surface area contributed by atoms with Crippen molar-refractivity contribution >= 4 is 16.7 Å². The predicted molar refractivity (Wildman–Crippen MR) is 89.5 cm³/mol. The molecule has 0 radical (unpaired) electrons. The Morgan fingerprint density at radius 1 is 1.19 bits per heavy atom. The Hall–Kier alpha value is -1.61. The lowest BCUT2D eigenvalue weighted by atomic mass is 9.83. The molecule has 1 heterocycles. The second-order valence-corrected chi connectivity index (χ2v) is 6.48. The van der Waals surface area contributed by atoms with E-state index in [0.717, 1.165) is 11.3 Å². The Morgan fingerprint density at radius 3 is 2.62 bits per heavy atom. The minimum atomic E-state index is 0.465. The van der Waals surface area contributed by atoms with E-state index in [0.29, 0.717) is 11.8 Å². The van der Waals surface area contributed by atoms with Gasteiger partial charge in [0.25, 0.3) is 0 Å². The van der Waals surface area contributed by atoms with E-state index in [-0.39, 0.29) is 0 Å². The molecule has 0 saturated heterocycles. The van der Waals surface area contributed by atoms with Crippen molar-refractivity contribution in [2.45, 2.75) is 57.8 Å². The fourth-order valence-corrected chi connectivity index (χ4v) is 3.54. The van der Waals surface area contributed by atoms with Crippen molar-refractivity contribution in [2.75, 3.05) is 5.43 Å². The van der Waals surface area contributed by atoms with E-state index in [2.05, 4.69) is 43.5 Å². The third-order valence-electron chi connectivity index (χ3n) is 4.71. The topological polar surface area (TPSA) is 50.9 Å². The van der Waals surface area contributed by atoms with Crippen LogP contribution in [0.3, 0.4) is 0 Å². The van der Waals surface area contributed by atoms with Crippen LogP contribution in [0.15, 0.2) is 24.3 Å². The molecule has 112 valence electrons. The van der Waals surface area contributed by atoms with Crippen molar-refractivity contribution in [1.29, 1.82) is 0 Å². The van der Waals surface area contributed by atoms with Crippen LogP contribution in [0.5, 0.6) is 0 Å². The van der Waals surface area contributed by atoms with Crippen molar-refractivity contribution in [3.8, 4) is 0 Å². The molecule has 1 aromatic heterocycles. The van der Waals surface area contributed by atoms with Crippen LogP contribution in [0.4, 0.5) is 5.82 Å². The highest BCUT2D eigenvalue weighted by atomic mass is 15.2. The van der Waals surface area contributed by atoms with Gasteiger partial charge in [-0.1, -0.05) is 51.3 Å². The second-order valence-electron chi connectivity index (χ2n) is 6.48. The summed E-state index contributed by atoms with van der Waals surface area (Å²) in [6, 6.07) is 8.78. The van der Waals surface area contributed by atoms with Gasteiger partial charge in [0.15, 0.2) is 0 Å². The van der Waals surface area contributed by atoms with E-state index in [4.69, 9.17) is 10.8 Å². The number of nitrogens with zero attached hydrogens (tertiary/aromatic N) is 1. The Bertz CT molecular complexity index is 628. The number of aromatic nitrogens is 1. The molecule has 3 N–H and O–H groups in total. The van der Waals surface area contributed by atoms with Crippen LogP contribution in [-0.2, 0) is 0 Å². The van der Waals surface area contributed by atoms with Crippen molar-refractivity contribution < 1.29 is 0 Å². The van der Waals surface area contributed by atoms with Gasteiger partial charge in [-0.2, -0.15) is 0 Å². The summed E-state index contributed by atoms with van der Waals surface area (Å²) in [4.78, 5) is 4.85. The SMILES string of the molecule is CC(C)c1cccc2cc(C3CCCCC3)c(NN)nc12. The summed E-state index contributed by atoms with van der Waals surface area (Å²) < 4.78 is 0. The number of nitrogen functional groups attached to an aromatic ring is 1. The summed E-state index contributed by atoms with van der Waals surface area (Å²) in [7, 11) is 0. The van der Waals surface area contributed by atoms with Crippen LogP contribution in [0, 0.1) is 0 Å². The molecule has 1 fully saturated rings. The highest BCUT2D eigenvalue weighted by Crippen LogP contribution is 2.37. The predicted octanol–water partition coefficient (Wildman–Crippen LogP) is 4.69. The molecule has 1 aliphatic rings. The molecule has 21 heavy (non-hydrogen) atoms. The summed E-state index contributed by atoms with van der Waals surface area (Å²) in [5.41, 5.74) is 6.51. The van der Waals surface area contributed by atoms with Crippen LogP contribution < -0.4 is 11.3 Å². The number of hydrogen-bond acceptors (Lipinski definition) is 3. The second kappa shape index (κ2) is 6.02. The number of fused-ring (bicyclic) bond motifs is 1. The van der Waals surface area contributed by atoms with Crippen molar-refractivity contribution in [2.24, 2.45) is 5.84 Å². The highest BCUT2D eigenvalue weighted by Gasteiger charge is 2.20. The average molecular weight is 283 g/mol. The zero-order valence-corrected chi connectivity index (χ0v) is 13.0. The summed E-state index contributed by atoms with van der Waals surface area (Å²) in [6.07, 6.45) is 6.51. The number of nitrogens with one attached hydrogen (secondary N) is 1. The van der Waals surface area contributed by atoms with Gasteiger partial charge in [0.05, 0.1) is 5.52 Å². The first-order valence-corrected chi connectivity index (χ1v) is 8.11. The number of hydrogen-bond donors (Lipinski definition) is 2. The standard InChI is InChI=1S/C18H25N3/c1-12(2)15-10-6-9-14-11-16(13-7-4-3-5-8-13)18(21-19)20-17(14)15/h6,9-13H,3-5,7-8,19H2,1-2H3,(H,20,21). The van der Waals surface area contributed by atoms with Gasteiger partial charge in [-0.05, 0) is 41.9 Å². The number of anilines is 1. The van der Waals surface area contributed by atoms with E-state index in [1.807, 2.05) is 0 Å². The first-order valence-electron chi connectivity index (χ1n) is 8.11. The van der Waals surface area contributed by atoms with Crippen molar-refractivity contribution in [1.82, 2.24) is 4.98 Å². The monoisotopic (exact) mass is 283 g/mol. The highest BCUT2D eigenvalue weighted by molar-refractivity contribution is 5.85. The molecule has 0 unspecified atom stereocenters. The number of hydrazine groups is 1. The lowest BCUT2D eigenvalue weighted by Gasteiger charge is -2.24. The summed E-state index contributed by atoms with van der Waals surface area (Å²) in [5.74, 6) is 7.69. The molecular formula is C18H25N3. The molecule has 2 aromatic rings. The third kappa shape index (κ3) is 2.75. The van der Waals surface area contributed by atoms with Gasteiger partial charge in [0.2, 0.25) is 0 Å². The average Bonchev–Trinajstić information content (AvgIpc) is 2.53. The number of pyridine rings is 1. The molecule has 0 amide bonds. The molecule has 1 aliphatic carbocycles. The van der Waals surface area contributed by atoms with Gasteiger partial charge < -0.3 is 5.43 Å². The van der Waals surface area contributed by atoms with Crippen LogP contribution >= 0.6 is 0 Å². The molecule has 1 saturated carbocycles. The fraction of sp³-hybridized carbons (Fsp3) is 0.500. The lowest BCUT2D eigenvalue weighted by Crippen LogP contribution is -2.15. The van der Waals surface area contributed by atoms with Crippen molar-refractivity contribution in [3.05, 3.63) is 35.4 Å². The zero-order valence-electron chi connectivity index (χ0n) is 13.0. The van der Waals surface area contributed by atoms with Crippen LogP contribution in [0.2, 0.25) is 0 Å². The first kappa shape index (κ1) is 14.3. The Balaban J connectivity index is 2.13. The maximum Gasteiger partial charge on any atom is 0.144 e. The molecule has 1 aromatic carbocycles. The molecule has 0 bridgehead atoms. The number of benzene rings is 1. The van der Waals surface area contributed by atoms with Crippen LogP contribution in [-0.4, -0.2) is 4.98 Å². The fourth-order valence-electron chi connectivity index (χ4n) is 3.54. The van der Waals surface area contributed by atoms with E-state index >= 15 is 0 Å². The number of para-hydroxylation sites is 1. The molecule has 0 atom stereocenters. The largest absolute Gasteiger partial charge is 0.308 e. The molecular weight excluding hydrogens is 258 g/mol. The summed E-state index contributed by atoms with van der Waals surface area (Å²) >= 11 is 0. The molecule has 0 spiro atoms. The smallest absolute Gasteiger partial charge is 0.144 e. The van der Waals surface area contributed by atoms with Gasteiger partial charge in [0.1, 0.15) is 5.82 Å². The van der Waals surface area contributed by atoms with E-state index in [1.54, 1.807) is 0 Å². The van der Waals surface area contributed by atoms with E-state index in [9.17, 15) is 0 Å². The lowest BCUT2D eigenvalue weighted by molar-refractivity contribution is 0.444. The van der Waals surface area contributed by atoms with Crippen LogP contribution in [0.25, 0.3) is 10.9 Å². The van der Waals surface area contributed by atoms with Crippen molar-refractivity contribution in [3.63, 3.8) is 0 Å². The Labute approximate surface area is 126 Å².